The van der Waals surface area contributed by atoms with Gasteiger partial charge in [0, 0.05) is 11.9 Å². The van der Waals surface area contributed by atoms with E-state index in [1.165, 1.54) is 0 Å². The molecule has 1 heterocycles. The zero-order valence-electron chi connectivity index (χ0n) is 12.1. The van der Waals surface area contributed by atoms with Crippen LogP contribution in [0.15, 0.2) is 18.2 Å². The number of hydrogen-bond donors (Lipinski definition) is 0. The van der Waals surface area contributed by atoms with Crippen molar-refractivity contribution in [1.29, 1.82) is 0 Å². The van der Waals surface area contributed by atoms with Crippen molar-refractivity contribution in [3.05, 3.63) is 29.3 Å². The fraction of sp³-hybridized carbons (Fsp3) is 0.500. The van der Waals surface area contributed by atoms with Crippen LogP contribution in [-0.2, 0) is 11.2 Å². The second kappa shape index (κ2) is 6.08. The van der Waals surface area contributed by atoms with E-state index < -0.39 is 0 Å². The molecule has 2 rings (SSSR count). The third kappa shape index (κ3) is 2.66. The number of Topliss-reactive ketones (excluding diaryl/α,β-unsaturated/α-hetero) is 1. The molecule has 1 aromatic rings. The quantitative estimate of drug-likeness (QED) is 0.609. The number of anilines is 1. The number of halogens is 1. The van der Waals surface area contributed by atoms with E-state index in [0.717, 1.165) is 23.0 Å². The van der Waals surface area contributed by atoms with Crippen LogP contribution in [0.4, 0.5) is 5.69 Å². The number of amides is 1. The Labute approximate surface area is 128 Å². The Hall–Kier alpha value is -1.16. The molecule has 1 aliphatic heterocycles. The number of carbonyl (C=O) groups excluding carboxylic acids is 2. The van der Waals surface area contributed by atoms with E-state index >= 15 is 0 Å². The van der Waals surface area contributed by atoms with Crippen LogP contribution >= 0.6 is 15.9 Å². The first-order chi connectivity index (χ1) is 9.49. The fourth-order valence-electron chi connectivity index (χ4n) is 2.42. The molecule has 0 fully saturated rings. The Morgan fingerprint density at radius 3 is 2.50 bits per heavy atom. The molecule has 1 aliphatic rings. The largest absolute Gasteiger partial charge is 0.304 e. The molecule has 1 unspecified atom stereocenters. The van der Waals surface area contributed by atoms with Crippen molar-refractivity contribution >= 4 is 33.3 Å². The van der Waals surface area contributed by atoms with Gasteiger partial charge in [0.25, 0.3) is 11.7 Å². The van der Waals surface area contributed by atoms with E-state index in [-0.39, 0.29) is 11.7 Å². The summed E-state index contributed by atoms with van der Waals surface area (Å²) >= 11 is 3.50. The molecule has 108 valence electrons. The van der Waals surface area contributed by atoms with E-state index in [9.17, 15) is 9.59 Å². The molecule has 0 saturated heterocycles. The number of hydrogen-bond acceptors (Lipinski definition) is 2. The van der Waals surface area contributed by atoms with Crippen LogP contribution in [-0.4, -0.2) is 23.6 Å². The van der Waals surface area contributed by atoms with E-state index in [0.29, 0.717) is 23.9 Å². The predicted octanol–water partition coefficient (Wildman–Crippen LogP) is 3.45. The Morgan fingerprint density at radius 1 is 1.25 bits per heavy atom. The summed E-state index contributed by atoms with van der Waals surface area (Å²) < 4.78 is 0. The second-order valence-corrected chi connectivity index (χ2v) is 6.26. The summed E-state index contributed by atoms with van der Waals surface area (Å²) in [4.78, 5) is 26.0. The minimum Gasteiger partial charge on any atom is -0.304 e. The smallest absolute Gasteiger partial charge is 0.299 e. The van der Waals surface area contributed by atoms with Gasteiger partial charge in [0.05, 0.1) is 11.3 Å². The van der Waals surface area contributed by atoms with Crippen molar-refractivity contribution in [2.24, 2.45) is 11.8 Å². The molecule has 20 heavy (non-hydrogen) atoms. The SMILES string of the molecule is CCc1ccc2c(c1)C(=O)C(=O)N2CC(CBr)C(C)C. The Kier molecular flexibility index (Phi) is 4.63. The fourth-order valence-corrected chi connectivity index (χ4v) is 3.37. The maximum absolute atomic E-state index is 12.2. The molecule has 1 aromatic carbocycles. The van der Waals surface area contributed by atoms with Gasteiger partial charge in [0.1, 0.15) is 0 Å². The van der Waals surface area contributed by atoms with Gasteiger partial charge in [-0.15, -0.1) is 0 Å². The summed E-state index contributed by atoms with van der Waals surface area (Å²) in [6.45, 7) is 6.90. The maximum atomic E-state index is 12.2. The average molecular weight is 338 g/mol. The molecule has 1 amide bonds. The molecule has 3 nitrogen and oxygen atoms in total. The highest BCUT2D eigenvalue weighted by molar-refractivity contribution is 9.09. The summed E-state index contributed by atoms with van der Waals surface area (Å²) in [6.07, 6.45) is 0.866. The number of benzene rings is 1. The molecule has 0 aliphatic carbocycles. The molecular weight excluding hydrogens is 318 g/mol. The van der Waals surface area contributed by atoms with Crippen molar-refractivity contribution in [2.75, 3.05) is 16.8 Å². The second-order valence-electron chi connectivity index (χ2n) is 5.61. The standard InChI is InChI=1S/C16H20BrNO2/c1-4-11-5-6-14-13(7-11)15(19)16(20)18(14)9-12(8-17)10(2)3/h5-7,10,12H,4,8-9H2,1-3H3. The summed E-state index contributed by atoms with van der Waals surface area (Å²) in [5.74, 6) is 0.0343. The first-order valence-corrected chi connectivity index (χ1v) is 8.16. The maximum Gasteiger partial charge on any atom is 0.299 e. The van der Waals surface area contributed by atoms with Gasteiger partial charge < -0.3 is 4.90 Å². The lowest BCUT2D eigenvalue weighted by Crippen LogP contribution is -2.36. The third-order valence-corrected chi connectivity index (χ3v) is 4.83. The lowest BCUT2D eigenvalue weighted by atomic mass is 9.97. The van der Waals surface area contributed by atoms with Crippen molar-refractivity contribution in [2.45, 2.75) is 27.2 Å². The molecule has 4 heteroatoms. The van der Waals surface area contributed by atoms with Gasteiger partial charge in [-0.05, 0) is 36.0 Å². The van der Waals surface area contributed by atoms with Gasteiger partial charge in [-0.3, -0.25) is 9.59 Å². The van der Waals surface area contributed by atoms with Gasteiger partial charge in [0.2, 0.25) is 0 Å². The van der Waals surface area contributed by atoms with E-state index in [1.54, 1.807) is 4.90 Å². The van der Waals surface area contributed by atoms with Crippen LogP contribution in [0.1, 0.15) is 36.7 Å². The number of nitrogens with zero attached hydrogens (tertiary/aromatic N) is 1. The van der Waals surface area contributed by atoms with Crippen LogP contribution < -0.4 is 4.90 Å². The normalized spacial score (nSPS) is 15.9. The van der Waals surface area contributed by atoms with Crippen LogP contribution in [0, 0.1) is 11.8 Å². The predicted molar refractivity (Wildman–Crippen MR) is 84.6 cm³/mol. The molecule has 1 atom stereocenters. The minimum atomic E-state index is -0.389. The van der Waals surface area contributed by atoms with Gasteiger partial charge in [-0.1, -0.05) is 42.8 Å². The number of alkyl halides is 1. The molecule has 0 N–H and O–H groups in total. The highest BCUT2D eigenvalue weighted by Crippen LogP contribution is 2.31. The Bertz CT molecular complexity index is 539. The monoisotopic (exact) mass is 337 g/mol. The van der Waals surface area contributed by atoms with Crippen molar-refractivity contribution in [3.63, 3.8) is 0 Å². The summed E-state index contributed by atoms with van der Waals surface area (Å²) in [5, 5.41) is 0.824. The van der Waals surface area contributed by atoms with Crippen LogP contribution in [0.3, 0.4) is 0 Å². The Balaban J connectivity index is 2.33. The lowest BCUT2D eigenvalue weighted by Gasteiger charge is -2.25. The number of ketones is 1. The van der Waals surface area contributed by atoms with E-state index in [2.05, 4.69) is 29.8 Å². The minimum absolute atomic E-state index is 0.337. The van der Waals surface area contributed by atoms with E-state index in [1.807, 2.05) is 25.1 Å². The molecule has 0 bridgehead atoms. The van der Waals surface area contributed by atoms with Crippen molar-refractivity contribution in [3.8, 4) is 0 Å². The summed E-state index contributed by atoms with van der Waals surface area (Å²) in [6, 6.07) is 5.76. The number of carbonyl (C=O) groups is 2. The van der Waals surface area contributed by atoms with Crippen molar-refractivity contribution < 1.29 is 9.59 Å². The number of aryl methyl sites for hydroxylation is 1. The van der Waals surface area contributed by atoms with Crippen LogP contribution in [0.5, 0.6) is 0 Å². The highest BCUT2D eigenvalue weighted by Gasteiger charge is 2.37. The number of fused-ring (bicyclic) bond motifs is 1. The third-order valence-electron chi connectivity index (χ3n) is 4.00. The number of rotatable bonds is 5. The first kappa shape index (κ1) is 15.2. The van der Waals surface area contributed by atoms with Gasteiger partial charge in [-0.25, -0.2) is 0 Å². The first-order valence-electron chi connectivity index (χ1n) is 7.04. The highest BCUT2D eigenvalue weighted by atomic mass is 79.9. The molecule has 0 radical (unpaired) electrons. The average Bonchev–Trinajstić information content (AvgIpc) is 2.68. The summed E-state index contributed by atoms with van der Waals surface area (Å²) in [5.41, 5.74) is 2.42. The molecule has 0 spiro atoms. The Morgan fingerprint density at radius 2 is 1.95 bits per heavy atom. The summed E-state index contributed by atoms with van der Waals surface area (Å²) in [7, 11) is 0. The zero-order valence-corrected chi connectivity index (χ0v) is 13.7. The zero-order chi connectivity index (χ0) is 14.9. The molecule has 0 saturated carbocycles. The van der Waals surface area contributed by atoms with Gasteiger partial charge in [0.15, 0.2) is 0 Å². The van der Waals surface area contributed by atoms with Gasteiger partial charge >= 0.3 is 0 Å². The van der Waals surface area contributed by atoms with Crippen LogP contribution in [0.2, 0.25) is 0 Å². The van der Waals surface area contributed by atoms with E-state index in [4.69, 9.17) is 0 Å². The van der Waals surface area contributed by atoms with Crippen molar-refractivity contribution in [1.82, 2.24) is 0 Å². The topological polar surface area (TPSA) is 37.4 Å². The lowest BCUT2D eigenvalue weighted by molar-refractivity contribution is -0.114. The van der Waals surface area contributed by atoms with Gasteiger partial charge in [-0.2, -0.15) is 0 Å². The molecular formula is C16H20BrNO2. The van der Waals surface area contributed by atoms with Crippen LogP contribution in [0.25, 0.3) is 0 Å². The molecule has 0 aromatic heterocycles.